The number of rotatable bonds is 7. The average Bonchev–Trinajstić information content (AvgIpc) is 2.63. The Kier molecular flexibility index (Phi) is 7.82. The molecular weight excluding hydrogens is 464 g/mol. The van der Waals surface area contributed by atoms with Gasteiger partial charge in [-0.2, -0.15) is 13.2 Å². The summed E-state index contributed by atoms with van der Waals surface area (Å²) < 4.78 is 38.7. The molecule has 13 heteroatoms. The van der Waals surface area contributed by atoms with E-state index in [1.807, 2.05) is 0 Å². The molecule has 0 aromatic heterocycles. The maximum absolute atomic E-state index is 12.9. The number of non-ortho nitro benzene ring substituents is 1. The molecule has 2 aromatic carbocycles. The lowest BCUT2D eigenvalue weighted by Gasteiger charge is -2.17. The van der Waals surface area contributed by atoms with Crippen molar-refractivity contribution < 1.29 is 27.7 Å². The highest BCUT2D eigenvalue weighted by Crippen LogP contribution is 2.36. The van der Waals surface area contributed by atoms with Crippen LogP contribution in [0.2, 0.25) is 10.0 Å². The SMILES string of the molecule is CN(CC(=O)Nc1ccc(Cl)c(C(F)(F)F)c1)CC(=O)Nc1ccc([N+](=O)[O-])cc1Cl. The molecule has 0 fully saturated rings. The Bertz CT molecular complexity index is 1020. The number of amides is 2. The van der Waals surface area contributed by atoms with E-state index in [2.05, 4.69) is 10.6 Å². The van der Waals surface area contributed by atoms with E-state index in [1.165, 1.54) is 30.1 Å². The predicted molar refractivity (Wildman–Crippen MR) is 109 cm³/mol. The van der Waals surface area contributed by atoms with Gasteiger partial charge in [-0.15, -0.1) is 0 Å². The van der Waals surface area contributed by atoms with Crippen molar-refractivity contribution in [2.75, 3.05) is 30.8 Å². The fourth-order valence-corrected chi connectivity index (χ4v) is 2.92. The summed E-state index contributed by atoms with van der Waals surface area (Å²) >= 11 is 11.4. The molecule has 0 heterocycles. The van der Waals surface area contributed by atoms with E-state index >= 15 is 0 Å². The Morgan fingerprint density at radius 1 is 1.03 bits per heavy atom. The highest BCUT2D eigenvalue weighted by atomic mass is 35.5. The number of nitrogens with one attached hydrogen (secondary N) is 2. The van der Waals surface area contributed by atoms with Gasteiger partial charge in [-0.05, 0) is 31.3 Å². The van der Waals surface area contributed by atoms with Crippen LogP contribution >= 0.6 is 23.2 Å². The summed E-state index contributed by atoms with van der Waals surface area (Å²) in [5, 5.41) is 14.9. The normalized spacial score (nSPS) is 11.3. The fraction of sp³-hybridized carbons (Fsp3) is 0.222. The molecule has 2 rings (SSSR count). The Hall–Kier alpha value is -2.89. The van der Waals surface area contributed by atoms with Gasteiger partial charge in [0, 0.05) is 17.8 Å². The predicted octanol–water partition coefficient (Wildman–Crippen LogP) is 4.43. The van der Waals surface area contributed by atoms with E-state index in [0.717, 1.165) is 12.1 Å². The summed E-state index contributed by atoms with van der Waals surface area (Å²) in [6.45, 7) is -0.555. The maximum Gasteiger partial charge on any atom is 0.417 e. The smallest absolute Gasteiger partial charge is 0.325 e. The van der Waals surface area contributed by atoms with Crippen LogP contribution in [-0.4, -0.2) is 41.8 Å². The van der Waals surface area contributed by atoms with E-state index in [0.29, 0.717) is 6.07 Å². The highest BCUT2D eigenvalue weighted by molar-refractivity contribution is 6.34. The van der Waals surface area contributed by atoms with Crippen molar-refractivity contribution in [3.8, 4) is 0 Å². The van der Waals surface area contributed by atoms with Gasteiger partial charge in [0.1, 0.15) is 0 Å². The monoisotopic (exact) mass is 478 g/mol. The zero-order valence-electron chi connectivity index (χ0n) is 15.8. The third-order valence-electron chi connectivity index (χ3n) is 3.82. The minimum Gasteiger partial charge on any atom is -0.325 e. The molecule has 2 aromatic rings. The number of benzene rings is 2. The number of hydrogen-bond donors (Lipinski definition) is 2. The molecule has 0 aliphatic carbocycles. The van der Waals surface area contributed by atoms with E-state index in [-0.39, 0.29) is 35.2 Å². The van der Waals surface area contributed by atoms with Crippen LogP contribution < -0.4 is 10.6 Å². The molecule has 0 unspecified atom stereocenters. The number of nitro benzene ring substituents is 1. The first-order chi connectivity index (χ1) is 14.4. The second-order valence-electron chi connectivity index (χ2n) is 6.38. The molecule has 166 valence electrons. The van der Waals surface area contributed by atoms with E-state index < -0.39 is 33.5 Å². The van der Waals surface area contributed by atoms with Crippen molar-refractivity contribution in [3.05, 3.63) is 62.1 Å². The molecule has 2 N–H and O–H groups in total. The van der Waals surface area contributed by atoms with Crippen LogP contribution in [0.4, 0.5) is 30.2 Å². The Morgan fingerprint density at radius 2 is 1.65 bits per heavy atom. The third-order valence-corrected chi connectivity index (χ3v) is 4.46. The minimum atomic E-state index is -4.67. The molecule has 8 nitrogen and oxygen atoms in total. The van der Waals surface area contributed by atoms with Gasteiger partial charge in [-0.25, -0.2) is 0 Å². The Balaban J connectivity index is 1.92. The van der Waals surface area contributed by atoms with Gasteiger partial charge in [0.05, 0.1) is 39.3 Å². The summed E-state index contributed by atoms with van der Waals surface area (Å²) in [5.41, 5.74) is -1.28. The van der Waals surface area contributed by atoms with Crippen LogP contribution in [-0.2, 0) is 15.8 Å². The van der Waals surface area contributed by atoms with Crippen molar-refractivity contribution in [1.82, 2.24) is 4.90 Å². The van der Waals surface area contributed by atoms with E-state index in [1.54, 1.807) is 0 Å². The molecule has 0 aliphatic heterocycles. The quantitative estimate of drug-likeness (QED) is 0.452. The number of alkyl halides is 3. The van der Waals surface area contributed by atoms with Crippen LogP contribution in [0.15, 0.2) is 36.4 Å². The number of anilines is 2. The second-order valence-corrected chi connectivity index (χ2v) is 7.20. The molecule has 0 aliphatic rings. The van der Waals surface area contributed by atoms with Gasteiger partial charge >= 0.3 is 6.18 Å². The Morgan fingerprint density at radius 3 is 2.19 bits per heavy atom. The highest BCUT2D eigenvalue weighted by Gasteiger charge is 2.33. The van der Waals surface area contributed by atoms with Crippen molar-refractivity contribution in [2.45, 2.75) is 6.18 Å². The summed E-state index contributed by atoms with van der Waals surface area (Å²) in [6, 6.07) is 6.47. The molecule has 0 atom stereocenters. The van der Waals surface area contributed by atoms with Crippen molar-refractivity contribution in [3.63, 3.8) is 0 Å². The number of likely N-dealkylation sites (N-methyl/N-ethyl adjacent to an activating group) is 1. The largest absolute Gasteiger partial charge is 0.417 e. The number of carbonyl (C=O) groups excluding carboxylic acids is 2. The van der Waals surface area contributed by atoms with Crippen molar-refractivity contribution in [1.29, 1.82) is 0 Å². The summed E-state index contributed by atoms with van der Waals surface area (Å²) in [4.78, 5) is 35.6. The number of halogens is 5. The van der Waals surface area contributed by atoms with Crippen LogP contribution in [0, 0.1) is 10.1 Å². The molecule has 0 spiro atoms. The van der Waals surface area contributed by atoms with E-state index in [4.69, 9.17) is 23.2 Å². The molecule has 2 amide bonds. The number of nitro groups is 1. The van der Waals surface area contributed by atoms with Gasteiger partial charge < -0.3 is 10.6 Å². The number of nitrogens with zero attached hydrogens (tertiary/aromatic N) is 2. The molecule has 0 saturated heterocycles. The first-order valence-electron chi connectivity index (χ1n) is 8.45. The maximum atomic E-state index is 12.9. The van der Waals surface area contributed by atoms with Gasteiger partial charge in [-0.1, -0.05) is 23.2 Å². The molecule has 0 saturated carbocycles. The summed E-state index contributed by atoms with van der Waals surface area (Å²) in [7, 11) is 1.44. The molecule has 31 heavy (non-hydrogen) atoms. The fourth-order valence-electron chi connectivity index (χ4n) is 2.48. The average molecular weight is 479 g/mol. The third kappa shape index (κ3) is 7.09. The topological polar surface area (TPSA) is 105 Å². The zero-order chi connectivity index (χ0) is 23.3. The summed E-state index contributed by atoms with van der Waals surface area (Å²) in [5.74, 6) is -1.21. The lowest BCUT2D eigenvalue weighted by Crippen LogP contribution is -2.36. The first-order valence-corrected chi connectivity index (χ1v) is 9.21. The lowest BCUT2D eigenvalue weighted by atomic mass is 10.2. The van der Waals surface area contributed by atoms with Crippen molar-refractivity contribution in [2.24, 2.45) is 0 Å². The minimum absolute atomic E-state index is 0.0360. The van der Waals surface area contributed by atoms with Crippen molar-refractivity contribution >= 4 is 52.1 Å². The standard InChI is InChI=1S/C18H15Cl2F3N4O4/c1-26(9-17(29)25-15-5-3-11(27(30)31)7-14(15)20)8-16(28)24-10-2-4-13(19)12(6-10)18(21,22)23/h2-7H,8-9H2,1H3,(H,24,28)(H,25,29). The van der Waals surface area contributed by atoms with Gasteiger partial charge in [0.25, 0.3) is 5.69 Å². The zero-order valence-corrected chi connectivity index (χ0v) is 17.3. The number of carbonyl (C=O) groups is 2. The van der Waals surface area contributed by atoms with Crippen LogP contribution in [0.1, 0.15) is 5.56 Å². The summed E-state index contributed by atoms with van der Waals surface area (Å²) in [6.07, 6.45) is -4.67. The number of hydrogen-bond acceptors (Lipinski definition) is 5. The van der Waals surface area contributed by atoms with Gasteiger partial charge in [0.2, 0.25) is 11.8 Å². The molecule has 0 bridgehead atoms. The van der Waals surface area contributed by atoms with Gasteiger partial charge in [-0.3, -0.25) is 24.6 Å². The molecule has 0 radical (unpaired) electrons. The lowest BCUT2D eigenvalue weighted by molar-refractivity contribution is -0.384. The first kappa shape index (κ1) is 24.4. The van der Waals surface area contributed by atoms with Crippen LogP contribution in [0.3, 0.4) is 0 Å². The van der Waals surface area contributed by atoms with Gasteiger partial charge in [0.15, 0.2) is 0 Å². The second kappa shape index (κ2) is 9.94. The Labute approximate surface area is 184 Å². The van der Waals surface area contributed by atoms with Crippen LogP contribution in [0.5, 0.6) is 0 Å². The van der Waals surface area contributed by atoms with E-state index in [9.17, 15) is 32.9 Å². The molecular formula is C18H15Cl2F3N4O4. The van der Waals surface area contributed by atoms with Crippen LogP contribution in [0.25, 0.3) is 0 Å².